The summed E-state index contributed by atoms with van der Waals surface area (Å²) in [5, 5.41) is 12.3. The first kappa shape index (κ1) is 13.4. The van der Waals surface area contributed by atoms with Gasteiger partial charge in [-0.2, -0.15) is 0 Å². The van der Waals surface area contributed by atoms with Crippen LogP contribution in [0.3, 0.4) is 0 Å². The first-order chi connectivity index (χ1) is 7.69. The summed E-state index contributed by atoms with van der Waals surface area (Å²) in [4.78, 5) is 0. The second-order valence-corrected chi connectivity index (χ2v) is 3.76. The molecule has 5 heteroatoms. The Labute approximate surface area is 99.2 Å². The molecule has 0 fully saturated rings. The van der Waals surface area contributed by atoms with E-state index >= 15 is 0 Å². The number of hydrogen-bond acceptors (Lipinski definition) is 3. The van der Waals surface area contributed by atoms with Crippen LogP contribution in [0, 0.1) is 5.82 Å². The lowest BCUT2D eigenvalue weighted by Gasteiger charge is -2.16. The molecule has 90 valence electrons. The van der Waals surface area contributed by atoms with Crippen molar-refractivity contribution in [3.05, 3.63) is 34.6 Å². The van der Waals surface area contributed by atoms with E-state index in [0.29, 0.717) is 13.2 Å². The highest BCUT2D eigenvalue weighted by Crippen LogP contribution is 2.20. The smallest absolute Gasteiger partial charge is 0.141 e. The fraction of sp³-hybridized carbons (Fsp3) is 0.455. The van der Waals surface area contributed by atoms with Crippen molar-refractivity contribution in [1.82, 2.24) is 5.32 Å². The molecule has 0 radical (unpaired) electrons. The highest BCUT2D eigenvalue weighted by molar-refractivity contribution is 6.30. The van der Waals surface area contributed by atoms with Gasteiger partial charge < -0.3 is 15.2 Å². The predicted octanol–water partition coefficient (Wildman–Crippen LogP) is 1.75. The van der Waals surface area contributed by atoms with E-state index in [9.17, 15) is 9.50 Å². The van der Waals surface area contributed by atoms with Crippen molar-refractivity contribution < 1.29 is 14.2 Å². The van der Waals surface area contributed by atoms with Crippen molar-refractivity contribution in [3.8, 4) is 0 Å². The topological polar surface area (TPSA) is 41.5 Å². The second kappa shape index (κ2) is 6.81. The number of ether oxygens (including phenoxy) is 1. The van der Waals surface area contributed by atoms with Gasteiger partial charge in [0.25, 0.3) is 0 Å². The van der Waals surface area contributed by atoms with Gasteiger partial charge in [-0.25, -0.2) is 4.39 Å². The molecule has 1 rings (SSSR count). The monoisotopic (exact) mass is 247 g/mol. The maximum atomic E-state index is 12.9. The maximum Gasteiger partial charge on any atom is 0.141 e. The molecule has 0 amide bonds. The lowest BCUT2D eigenvalue weighted by atomic mass is 10.1. The standard InChI is InChI=1S/C11H15ClFNO2/c1-16-5-4-14-11(7-15)8-2-3-10(13)9(12)6-8/h2-3,6,11,14-15H,4-5,7H2,1H3. The van der Waals surface area contributed by atoms with Crippen LogP contribution in [0.15, 0.2) is 18.2 Å². The summed E-state index contributed by atoms with van der Waals surface area (Å²) in [5.41, 5.74) is 0.755. The number of aliphatic hydroxyl groups excluding tert-OH is 1. The molecule has 0 aromatic heterocycles. The largest absolute Gasteiger partial charge is 0.394 e. The minimum absolute atomic E-state index is 0.0597. The van der Waals surface area contributed by atoms with Crippen molar-refractivity contribution in [2.75, 3.05) is 26.9 Å². The van der Waals surface area contributed by atoms with Gasteiger partial charge in [0.05, 0.1) is 24.3 Å². The fourth-order valence-electron chi connectivity index (χ4n) is 1.35. The molecule has 0 aliphatic heterocycles. The number of nitrogens with one attached hydrogen (secondary N) is 1. The Morgan fingerprint density at radius 2 is 2.31 bits per heavy atom. The van der Waals surface area contributed by atoms with Gasteiger partial charge in [0.15, 0.2) is 0 Å². The van der Waals surface area contributed by atoms with Crippen molar-refractivity contribution >= 4 is 11.6 Å². The third-order valence-corrected chi connectivity index (χ3v) is 2.52. The Bertz CT molecular complexity index is 336. The summed E-state index contributed by atoms with van der Waals surface area (Å²) >= 11 is 5.67. The van der Waals surface area contributed by atoms with Crippen molar-refractivity contribution in [1.29, 1.82) is 0 Å². The van der Waals surface area contributed by atoms with E-state index in [-0.39, 0.29) is 17.7 Å². The van der Waals surface area contributed by atoms with Crippen LogP contribution in [-0.4, -0.2) is 32.0 Å². The molecule has 1 aromatic rings. The Hall–Kier alpha value is -0.680. The van der Waals surface area contributed by atoms with E-state index < -0.39 is 5.82 Å². The van der Waals surface area contributed by atoms with E-state index in [0.717, 1.165) is 5.56 Å². The highest BCUT2D eigenvalue weighted by Gasteiger charge is 2.11. The zero-order valence-corrected chi connectivity index (χ0v) is 9.80. The first-order valence-electron chi connectivity index (χ1n) is 4.97. The van der Waals surface area contributed by atoms with Crippen molar-refractivity contribution in [2.45, 2.75) is 6.04 Å². The summed E-state index contributed by atoms with van der Waals surface area (Å²) < 4.78 is 17.8. The van der Waals surface area contributed by atoms with E-state index in [1.165, 1.54) is 12.1 Å². The number of methoxy groups -OCH3 is 1. The molecular formula is C11H15ClFNO2. The maximum absolute atomic E-state index is 12.9. The van der Waals surface area contributed by atoms with Gasteiger partial charge in [-0.05, 0) is 17.7 Å². The number of hydrogen-bond donors (Lipinski definition) is 2. The summed E-state index contributed by atoms with van der Waals surface area (Å²) in [6.45, 7) is 1.08. The van der Waals surface area contributed by atoms with Gasteiger partial charge in [-0.15, -0.1) is 0 Å². The molecule has 1 aromatic carbocycles. The minimum Gasteiger partial charge on any atom is -0.394 e. The van der Waals surface area contributed by atoms with Crippen molar-refractivity contribution in [3.63, 3.8) is 0 Å². The molecule has 1 atom stereocenters. The Morgan fingerprint density at radius 3 is 2.88 bits per heavy atom. The Balaban J connectivity index is 2.67. The van der Waals surface area contributed by atoms with Crippen LogP contribution >= 0.6 is 11.6 Å². The fourth-order valence-corrected chi connectivity index (χ4v) is 1.54. The van der Waals surface area contributed by atoms with Crippen LogP contribution in [0.25, 0.3) is 0 Å². The SMILES string of the molecule is COCCNC(CO)c1ccc(F)c(Cl)c1. The van der Waals surface area contributed by atoms with E-state index in [2.05, 4.69) is 5.32 Å². The van der Waals surface area contributed by atoms with Gasteiger partial charge in [0.2, 0.25) is 0 Å². The van der Waals surface area contributed by atoms with Crippen LogP contribution in [0.4, 0.5) is 4.39 Å². The minimum atomic E-state index is -0.459. The van der Waals surface area contributed by atoms with Crippen LogP contribution in [0.1, 0.15) is 11.6 Å². The molecule has 0 aliphatic rings. The molecular weight excluding hydrogens is 233 g/mol. The number of halogens is 2. The van der Waals surface area contributed by atoms with Gasteiger partial charge in [-0.3, -0.25) is 0 Å². The Kier molecular flexibility index (Phi) is 5.69. The molecule has 0 saturated carbocycles. The number of aliphatic hydroxyl groups is 1. The molecule has 3 nitrogen and oxygen atoms in total. The van der Waals surface area contributed by atoms with Crippen LogP contribution in [0.5, 0.6) is 0 Å². The number of rotatable bonds is 6. The van der Waals surface area contributed by atoms with Crippen LogP contribution in [0.2, 0.25) is 5.02 Å². The highest BCUT2D eigenvalue weighted by atomic mass is 35.5. The molecule has 0 spiro atoms. The van der Waals surface area contributed by atoms with E-state index in [1.807, 2.05) is 0 Å². The Morgan fingerprint density at radius 1 is 1.56 bits per heavy atom. The normalized spacial score (nSPS) is 12.8. The van der Waals surface area contributed by atoms with Gasteiger partial charge >= 0.3 is 0 Å². The van der Waals surface area contributed by atoms with Gasteiger partial charge in [-0.1, -0.05) is 17.7 Å². The summed E-state index contributed by atoms with van der Waals surface area (Å²) in [7, 11) is 1.60. The summed E-state index contributed by atoms with van der Waals surface area (Å²) in [6.07, 6.45) is 0. The lowest BCUT2D eigenvalue weighted by molar-refractivity contribution is 0.184. The molecule has 0 bridgehead atoms. The molecule has 0 heterocycles. The van der Waals surface area contributed by atoms with Crippen LogP contribution in [-0.2, 0) is 4.74 Å². The predicted molar refractivity (Wildman–Crippen MR) is 61.1 cm³/mol. The molecule has 0 saturated heterocycles. The van der Waals surface area contributed by atoms with Crippen molar-refractivity contribution in [2.24, 2.45) is 0 Å². The third kappa shape index (κ3) is 3.72. The van der Waals surface area contributed by atoms with E-state index in [1.54, 1.807) is 13.2 Å². The second-order valence-electron chi connectivity index (χ2n) is 3.36. The zero-order chi connectivity index (χ0) is 12.0. The average molecular weight is 248 g/mol. The summed E-state index contributed by atoms with van der Waals surface area (Å²) in [5.74, 6) is -0.459. The van der Waals surface area contributed by atoms with Crippen LogP contribution < -0.4 is 5.32 Å². The number of benzene rings is 1. The molecule has 16 heavy (non-hydrogen) atoms. The summed E-state index contributed by atoms with van der Waals surface area (Å²) in [6, 6.07) is 4.14. The average Bonchev–Trinajstić information content (AvgIpc) is 2.29. The quantitative estimate of drug-likeness (QED) is 0.753. The molecule has 2 N–H and O–H groups in total. The molecule has 0 aliphatic carbocycles. The zero-order valence-electron chi connectivity index (χ0n) is 9.04. The van der Waals surface area contributed by atoms with Gasteiger partial charge in [0.1, 0.15) is 5.82 Å². The first-order valence-corrected chi connectivity index (χ1v) is 5.35. The lowest BCUT2D eigenvalue weighted by Crippen LogP contribution is -2.27. The van der Waals surface area contributed by atoms with Gasteiger partial charge in [0, 0.05) is 13.7 Å². The third-order valence-electron chi connectivity index (χ3n) is 2.23. The molecule has 1 unspecified atom stereocenters. The van der Waals surface area contributed by atoms with E-state index in [4.69, 9.17) is 16.3 Å².